The molecule has 2 aromatic rings. The van der Waals surface area contributed by atoms with Crippen LogP contribution in [0.2, 0.25) is 0 Å². The molecule has 1 aliphatic carbocycles. The van der Waals surface area contributed by atoms with Crippen molar-refractivity contribution in [1.82, 2.24) is 15.2 Å². The van der Waals surface area contributed by atoms with Crippen molar-refractivity contribution in [2.45, 2.75) is 44.2 Å². The molecule has 6 nitrogen and oxygen atoms in total. The lowest BCUT2D eigenvalue weighted by molar-refractivity contribution is -0.149. The van der Waals surface area contributed by atoms with E-state index in [4.69, 9.17) is 0 Å². The van der Waals surface area contributed by atoms with Gasteiger partial charge in [0, 0.05) is 37.7 Å². The first kappa shape index (κ1) is 19.6. The summed E-state index contributed by atoms with van der Waals surface area (Å²) in [5.74, 6) is 0.119. The SMILES string of the molecule is CC(=O)N1[C@H](CO)[C@H](c2ccc(-c3cccnc3)cc2)[C@@H]1CNC(=O)C1CCC1. The Labute approximate surface area is 171 Å². The summed E-state index contributed by atoms with van der Waals surface area (Å²) in [6.45, 7) is 1.84. The highest BCUT2D eigenvalue weighted by Crippen LogP contribution is 2.41. The van der Waals surface area contributed by atoms with Crippen molar-refractivity contribution in [3.05, 3.63) is 54.4 Å². The van der Waals surface area contributed by atoms with Gasteiger partial charge in [0.25, 0.3) is 0 Å². The first-order valence-corrected chi connectivity index (χ1v) is 10.3. The van der Waals surface area contributed by atoms with Crippen LogP contribution in [0.1, 0.15) is 37.7 Å². The van der Waals surface area contributed by atoms with Gasteiger partial charge in [0.15, 0.2) is 0 Å². The third kappa shape index (κ3) is 3.77. The van der Waals surface area contributed by atoms with Gasteiger partial charge in [-0.15, -0.1) is 0 Å². The third-order valence-electron chi connectivity index (χ3n) is 6.35. The van der Waals surface area contributed by atoms with Crippen molar-refractivity contribution in [1.29, 1.82) is 0 Å². The summed E-state index contributed by atoms with van der Waals surface area (Å²) < 4.78 is 0. The van der Waals surface area contributed by atoms with E-state index in [2.05, 4.69) is 10.3 Å². The Hall–Kier alpha value is -2.73. The smallest absolute Gasteiger partial charge is 0.223 e. The van der Waals surface area contributed by atoms with E-state index in [0.717, 1.165) is 36.0 Å². The summed E-state index contributed by atoms with van der Waals surface area (Å²) in [7, 11) is 0. The molecule has 0 radical (unpaired) electrons. The van der Waals surface area contributed by atoms with Crippen molar-refractivity contribution in [3.63, 3.8) is 0 Å². The molecule has 3 atom stereocenters. The molecule has 2 aliphatic rings. The number of pyridine rings is 1. The molecule has 2 N–H and O–H groups in total. The Morgan fingerprint density at radius 1 is 1.14 bits per heavy atom. The van der Waals surface area contributed by atoms with E-state index in [-0.39, 0.29) is 42.3 Å². The van der Waals surface area contributed by atoms with Crippen LogP contribution in [0.4, 0.5) is 0 Å². The van der Waals surface area contributed by atoms with Crippen LogP contribution in [0.25, 0.3) is 11.1 Å². The monoisotopic (exact) mass is 393 g/mol. The molecule has 6 heteroatoms. The van der Waals surface area contributed by atoms with E-state index in [1.54, 1.807) is 11.1 Å². The van der Waals surface area contributed by atoms with Gasteiger partial charge in [0.1, 0.15) is 0 Å². The van der Waals surface area contributed by atoms with Crippen LogP contribution < -0.4 is 5.32 Å². The van der Waals surface area contributed by atoms with Crippen LogP contribution in [0.15, 0.2) is 48.8 Å². The highest BCUT2D eigenvalue weighted by atomic mass is 16.3. The van der Waals surface area contributed by atoms with Crippen molar-refractivity contribution < 1.29 is 14.7 Å². The van der Waals surface area contributed by atoms with Gasteiger partial charge in [-0.25, -0.2) is 0 Å². The minimum atomic E-state index is -0.262. The summed E-state index contributed by atoms with van der Waals surface area (Å²) in [5.41, 5.74) is 3.18. The number of nitrogens with zero attached hydrogens (tertiary/aromatic N) is 2. The number of carbonyl (C=O) groups excluding carboxylic acids is 2. The maximum absolute atomic E-state index is 12.3. The lowest BCUT2D eigenvalue weighted by atomic mass is 9.74. The summed E-state index contributed by atoms with van der Waals surface area (Å²) in [5, 5.41) is 12.9. The maximum Gasteiger partial charge on any atom is 0.223 e. The highest BCUT2D eigenvalue weighted by Gasteiger charge is 2.50. The zero-order valence-electron chi connectivity index (χ0n) is 16.6. The second-order valence-electron chi connectivity index (χ2n) is 8.01. The number of hydrogen-bond acceptors (Lipinski definition) is 4. The van der Waals surface area contributed by atoms with Gasteiger partial charge in [-0.1, -0.05) is 36.8 Å². The summed E-state index contributed by atoms with van der Waals surface area (Å²) in [6, 6.07) is 11.7. The molecule has 1 aliphatic heterocycles. The quantitative estimate of drug-likeness (QED) is 0.789. The number of amides is 2. The molecular formula is C23H27N3O3. The van der Waals surface area contributed by atoms with Crippen LogP contribution in [-0.2, 0) is 9.59 Å². The molecular weight excluding hydrogens is 366 g/mol. The topological polar surface area (TPSA) is 82.5 Å². The molecule has 0 bridgehead atoms. The normalized spacial score (nSPS) is 23.8. The largest absolute Gasteiger partial charge is 0.394 e. The second-order valence-corrected chi connectivity index (χ2v) is 8.01. The Bertz CT molecular complexity index is 865. The molecule has 0 unspecified atom stereocenters. The number of aliphatic hydroxyl groups excluding tert-OH is 1. The van der Waals surface area contributed by atoms with Crippen molar-refractivity contribution >= 4 is 11.8 Å². The highest BCUT2D eigenvalue weighted by molar-refractivity contribution is 5.80. The predicted molar refractivity (Wildman–Crippen MR) is 110 cm³/mol. The van der Waals surface area contributed by atoms with Crippen LogP contribution in [-0.4, -0.2) is 52.0 Å². The van der Waals surface area contributed by atoms with E-state index in [9.17, 15) is 14.7 Å². The number of likely N-dealkylation sites (tertiary alicyclic amines) is 1. The summed E-state index contributed by atoms with van der Waals surface area (Å²) in [4.78, 5) is 30.3. The van der Waals surface area contributed by atoms with E-state index in [1.807, 2.05) is 42.6 Å². The Balaban J connectivity index is 1.52. The maximum atomic E-state index is 12.3. The average Bonchev–Trinajstić information content (AvgIpc) is 2.67. The molecule has 1 saturated heterocycles. The fraction of sp³-hybridized carbons (Fsp3) is 0.435. The van der Waals surface area contributed by atoms with E-state index in [1.165, 1.54) is 6.92 Å². The van der Waals surface area contributed by atoms with Gasteiger partial charge in [0.05, 0.1) is 18.7 Å². The van der Waals surface area contributed by atoms with Gasteiger partial charge in [-0.2, -0.15) is 0 Å². The third-order valence-corrected chi connectivity index (χ3v) is 6.35. The number of benzene rings is 1. The van der Waals surface area contributed by atoms with Gasteiger partial charge >= 0.3 is 0 Å². The zero-order valence-corrected chi connectivity index (χ0v) is 16.6. The summed E-state index contributed by atoms with van der Waals surface area (Å²) in [6.07, 6.45) is 6.58. The van der Waals surface area contributed by atoms with E-state index >= 15 is 0 Å². The predicted octanol–water partition coefficient (Wildman–Crippen LogP) is 2.34. The van der Waals surface area contributed by atoms with Gasteiger partial charge in [0.2, 0.25) is 11.8 Å². The van der Waals surface area contributed by atoms with Crippen LogP contribution in [0.3, 0.4) is 0 Å². The van der Waals surface area contributed by atoms with Crippen molar-refractivity contribution in [2.24, 2.45) is 5.92 Å². The minimum Gasteiger partial charge on any atom is -0.394 e. The van der Waals surface area contributed by atoms with Gasteiger partial charge < -0.3 is 15.3 Å². The zero-order chi connectivity index (χ0) is 20.4. The van der Waals surface area contributed by atoms with E-state index in [0.29, 0.717) is 6.54 Å². The average molecular weight is 393 g/mol. The molecule has 1 aromatic carbocycles. The fourth-order valence-electron chi connectivity index (χ4n) is 4.54. The van der Waals surface area contributed by atoms with Gasteiger partial charge in [-0.3, -0.25) is 14.6 Å². The summed E-state index contributed by atoms with van der Waals surface area (Å²) >= 11 is 0. The Morgan fingerprint density at radius 3 is 2.45 bits per heavy atom. The molecule has 152 valence electrons. The number of nitrogens with one attached hydrogen (secondary N) is 1. The molecule has 29 heavy (non-hydrogen) atoms. The molecule has 1 aromatic heterocycles. The van der Waals surface area contributed by atoms with Crippen molar-refractivity contribution in [2.75, 3.05) is 13.2 Å². The second kappa shape index (κ2) is 8.33. The fourth-order valence-corrected chi connectivity index (χ4v) is 4.54. The number of rotatable bonds is 6. The number of hydrogen-bond donors (Lipinski definition) is 2. The number of aromatic nitrogens is 1. The van der Waals surface area contributed by atoms with E-state index < -0.39 is 0 Å². The lowest BCUT2D eigenvalue weighted by Crippen LogP contribution is -2.68. The number of carbonyl (C=O) groups is 2. The lowest BCUT2D eigenvalue weighted by Gasteiger charge is -2.54. The molecule has 2 fully saturated rings. The van der Waals surface area contributed by atoms with Crippen LogP contribution in [0.5, 0.6) is 0 Å². The standard InChI is InChI=1S/C23H27N3O3/c1-15(28)26-20(13-25-23(29)18-4-2-5-18)22(21(26)14-27)17-9-7-16(8-10-17)19-6-3-11-24-12-19/h3,6-12,18,20-22,27H,2,4-5,13-14H2,1H3,(H,25,29)/t20-,21+,22+/m0/s1. The molecule has 2 heterocycles. The molecule has 4 rings (SSSR count). The number of aliphatic hydroxyl groups is 1. The Kier molecular flexibility index (Phi) is 5.62. The molecule has 1 saturated carbocycles. The van der Waals surface area contributed by atoms with Gasteiger partial charge in [-0.05, 0) is 35.6 Å². The van der Waals surface area contributed by atoms with Crippen LogP contribution >= 0.6 is 0 Å². The molecule has 2 amide bonds. The van der Waals surface area contributed by atoms with Crippen molar-refractivity contribution in [3.8, 4) is 11.1 Å². The first-order chi connectivity index (χ1) is 14.1. The molecule has 0 spiro atoms. The van der Waals surface area contributed by atoms with Crippen LogP contribution in [0, 0.1) is 5.92 Å². The minimum absolute atomic E-state index is 0.00598. The first-order valence-electron chi connectivity index (χ1n) is 10.3. The Morgan fingerprint density at radius 2 is 1.90 bits per heavy atom.